The predicted molar refractivity (Wildman–Crippen MR) is 32.5 cm³/mol. The lowest BCUT2D eigenvalue weighted by molar-refractivity contribution is -0.137. The van der Waals surface area contributed by atoms with E-state index < -0.39 is 11.9 Å². The van der Waals surface area contributed by atoms with Crippen LogP contribution in [0.1, 0.15) is 12.8 Å². The highest BCUT2D eigenvalue weighted by atomic mass is 16.4. The lowest BCUT2D eigenvalue weighted by Gasteiger charge is -1.95. The van der Waals surface area contributed by atoms with Gasteiger partial charge in [0, 0.05) is 6.42 Å². The molecule has 0 bridgehead atoms. The number of aldehydes is 2. The molecule has 0 aliphatic carbocycles. The van der Waals surface area contributed by atoms with E-state index in [4.69, 9.17) is 5.11 Å². The molecule has 56 valence electrons. The van der Waals surface area contributed by atoms with Crippen LogP contribution in [0.15, 0.2) is 0 Å². The summed E-state index contributed by atoms with van der Waals surface area (Å²) in [6.45, 7) is 0. The smallest absolute Gasteiger partial charge is 0.303 e. The van der Waals surface area contributed by atoms with Crippen LogP contribution in [-0.2, 0) is 14.4 Å². The molecular weight excluding hydrogens is 136 g/mol. The van der Waals surface area contributed by atoms with Gasteiger partial charge in [0.25, 0.3) is 0 Å². The van der Waals surface area contributed by atoms with Crippen LogP contribution < -0.4 is 0 Å². The average molecular weight is 144 g/mol. The Balaban J connectivity index is 3.54. The van der Waals surface area contributed by atoms with Gasteiger partial charge in [-0.25, -0.2) is 0 Å². The number of carbonyl (C=O) groups is 3. The molecule has 0 aliphatic heterocycles. The molecule has 1 N–H and O–H groups in total. The van der Waals surface area contributed by atoms with Gasteiger partial charge < -0.3 is 14.7 Å². The van der Waals surface area contributed by atoms with Crippen LogP contribution in [0.25, 0.3) is 0 Å². The zero-order valence-corrected chi connectivity index (χ0v) is 5.32. The summed E-state index contributed by atoms with van der Waals surface area (Å²) in [6.07, 6.45) is 0.871. The Morgan fingerprint density at radius 1 is 1.40 bits per heavy atom. The normalized spacial score (nSPS) is 9.30. The fraction of sp³-hybridized carbons (Fsp3) is 0.500. The summed E-state index contributed by atoms with van der Waals surface area (Å²) in [5.74, 6) is -1.75. The summed E-state index contributed by atoms with van der Waals surface area (Å²) >= 11 is 0. The maximum Gasteiger partial charge on any atom is 0.303 e. The summed E-state index contributed by atoms with van der Waals surface area (Å²) in [4.78, 5) is 29.8. The summed E-state index contributed by atoms with van der Waals surface area (Å²) in [6, 6.07) is 0. The summed E-state index contributed by atoms with van der Waals surface area (Å²) in [7, 11) is 0. The first-order valence-electron chi connectivity index (χ1n) is 2.83. The fourth-order valence-electron chi connectivity index (χ4n) is 0.458. The molecule has 0 saturated heterocycles. The Hall–Kier alpha value is -1.19. The van der Waals surface area contributed by atoms with Gasteiger partial charge in [0.1, 0.15) is 12.6 Å². The van der Waals surface area contributed by atoms with Crippen molar-refractivity contribution >= 4 is 18.5 Å². The molecule has 0 radical (unpaired) electrons. The van der Waals surface area contributed by atoms with Crippen LogP contribution in [0.5, 0.6) is 0 Å². The zero-order valence-electron chi connectivity index (χ0n) is 5.32. The second kappa shape index (κ2) is 4.67. The highest BCUT2D eigenvalue weighted by Crippen LogP contribution is 1.98. The van der Waals surface area contributed by atoms with Crippen molar-refractivity contribution in [1.29, 1.82) is 0 Å². The number of aliphatic carboxylic acids is 1. The number of carboxylic acids is 1. The largest absolute Gasteiger partial charge is 0.481 e. The number of hydrogen-bond acceptors (Lipinski definition) is 3. The van der Waals surface area contributed by atoms with Crippen LogP contribution in [0.3, 0.4) is 0 Å². The quantitative estimate of drug-likeness (QED) is 0.430. The molecule has 0 saturated carbocycles. The first-order chi connectivity index (χ1) is 4.70. The van der Waals surface area contributed by atoms with Crippen molar-refractivity contribution in [2.45, 2.75) is 12.8 Å². The average Bonchev–Trinajstić information content (AvgIpc) is 1.90. The van der Waals surface area contributed by atoms with Gasteiger partial charge in [-0.3, -0.25) is 4.79 Å². The molecule has 0 spiro atoms. The van der Waals surface area contributed by atoms with Gasteiger partial charge >= 0.3 is 5.97 Å². The van der Waals surface area contributed by atoms with Crippen LogP contribution in [-0.4, -0.2) is 23.6 Å². The minimum absolute atomic E-state index is 0.0995. The molecule has 4 heteroatoms. The van der Waals surface area contributed by atoms with Gasteiger partial charge in [0.05, 0.1) is 5.92 Å². The van der Waals surface area contributed by atoms with Gasteiger partial charge in [-0.1, -0.05) is 0 Å². The molecule has 0 fully saturated rings. The minimum Gasteiger partial charge on any atom is -0.481 e. The molecule has 0 aromatic rings. The van der Waals surface area contributed by atoms with Gasteiger partial charge in [0.2, 0.25) is 0 Å². The van der Waals surface area contributed by atoms with Crippen molar-refractivity contribution in [1.82, 2.24) is 0 Å². The van der Waals surface area contributed by atoms with Crippen molar-refractivity contribution in [2.75, 3.05) is 0 Å². The summed E-state index contributed by atoms with van der Waals surface area (Å²) in [5.41, 5.74) is 0. The molecule has 10 heavy (non-hydrogen) atoms. The number of rotatable bonds is 5. The fourth-order valence-corrected chi connectivity index (χ4v) is 0.458. The SMILES string of the molecule is O=CC(C=O)CCC(=O)O. The second-order valence-corrected chi connectivity index (χ2v) is 1.87. The van der Waals surface area contributed by atoms with E-state index in [0.29, 0.717) is 12.6 Å². The Morgan fingerprint density at radius 3 is 2.20 bits per heavy atom. The van der Waals surface area contributed by atoms with Gasteiger partial charge in [0.15, 0.2) is 0 Å². The van der Waals surface area contributed by atoms with E-state index in [1.807, 2.05) is 0 Å². The van der Waals surface area contributed by atoms with Crippen LogP contribution in [0.4, 0.5) is 0 Å². The van der Waals surface area contributed by atoms with E-state index >= 15 is 0 Å². The van der Waals surface area contributed by atoms with Crippen molar-refractivity contribution in [3.8, 4) is 0 Å². The first kappa shape index (κ1) is 8.81. The Morgan fingerprint density at radius 2 is 1.90 bits per heavy atom. The maximum atomic E-state index is 9.92. The third-order valence-corrected chi connectivity index (χ3v) is 1.04. The van der Waals surface area contributed by atoms with Crippen molar-refractivity contribution in [2.24, 2.45) is 5.92 Å². The third kappa shape index (κ3) is 3.77. The van der Waals surface area contributed by atoms with Crippen molar-refractivity contribution in [3.63, 3.8) is 0 Å². The summed E-state index contributed by atoms with van der Waals surface area (Å²) < 4.78 is 0. The van der Waals surface area contributed by atoms with Crippen LogP contribution in [0, 0.1) is 5.92 Å². The Bertz CT molecular complexity index is 133. The monoisotopic (exact) mass is 144 g/mol. The third-order valence-electron chi connectivity index (χ3n) is 1.04. The van der Waals surface area contributed by atoms with E-state index in [1.165, 1.54) is 0 Å². The lowest BCUT2D eigenvalue weighted by atomic mass is 10.1. The molecule has 0 aromatic carbocycles. The van der Waals surface area contributed by atoms with E-state index in [9.17, 15) is 14.4 Å². The number of carboxylic acid groups (broad SMARTS) is 1. The topological polar surface area (TPSA) is 71.4 Å². The molecule has 4 nitrogen and oxygen atoms in total. The number of hydrogen-bond donors (Lipinski definition) is 1. The molecule has 0 aliphatic rings. The summed E-state index contributed by atoms with van der Waals surface area (Å²) in [5, 5.41) is 8.12. The lowest BCUT2D eigenvalue weighted by Crippen LogP contribution is -2.06. The molecule has 0 atom stereocenters. The molecule has 0 aromatic heterocycles. The Kier molecular flexibility index (Phi) is 4.11. The molecule has 0 unspecified atom stereocenters. The standard InChI is InChI=1S/C6H8O4/c7-3-5(4-8)1-2-6(9)10/h3-5H,1-2H2,(H,9,10). The van der Waals surface area contributed by atoms with Gasteiger partial charge in [-0.2, -0.15) is 0 Å². The van der Waals surface area contributed by atoms with Crippen molar-refractivity contribution in [3.05, 3.63) is 0 Å². The highest BCUT2D eigenvalue weighted by molar-refractivity contribution is 5.78. The van der Waals surface area contributed by atoms with Gasteiger partial charge in [-0.05, 0) is 6.42 Å². The first-order valence-corrected chi connectivity index (χ1v) is 2.83. The van der Waals surface area contributed by atoms with E-state index in [-0.39, 0.29) is 12.8 Å². The molecular formula is C6H8O4. The molecule has 0 rings (SSSR count). The predicted octanol–water partition coefficient (Wildman–Crippen LogP) is -0.135. The van der Waals surface area contributed by atoms with E-state index in [1.54, 1.807) is 0 Å². The minimum atomic E-state index is -0.992. The van der Waals surface area contributed by atoms with Crippen molar-refractivity contribution < 1.29 is 19.5 Å². The Labute approximate surface area is 57.8 Å². The second-order valence-electron chi connectivity index (χ2n) is 1.87. The number of carbonyl (C=O) groups excluding carboxylic acids is 2. The molecule has 0 amide bonds. The van der Waals surface area contributed by atoms with Crippen LogP contribution in [0.2, 0.25) is 0 Å². The zero-order chi connectivity index (χ0) is 7.98. The van der Waals surface area contributed by atoms with E-state index in [0.717, 1.165) is 0 Å². The van der Waals surface area contributed by atoms with E-state index in [2.05, 4.69) is 0 Å². The van der Waals surface area contributed by atoms with Crippen LogP contribution >= 0.6 is 0 Å². The van der Waals surface area contributed by atoms with Gasteiger partial charge in [-0.15, -0.1) is 0 Å². The maximum absolute atomic E-state index is 9.92. The molecule has 0 heterocycles. The highest BCUT2D eigenvalue weighted by Gasteiger charge is 2.06.